The summed E-state index contributed by atoms with van der Waals surface area (Å²) in [5.41, 5.74) is 1.06. The smallest absolute Gasteiger partial charge is 0.379 e. The third kappa shape index (κ3) is 5.17. The Morgan fingerprint density at radius 2 is 1.92 bits per heavy atom. The molecule has 0 saturated heterocycles. The Balaban J connectivity index is 1.56. The Labute approximate surface area is 224 Å². The van der Waals surface area contributed by atoms with Gasteiger partial charge in [0, 0.05) is 12.0 Å². The number of ether oxygens (including phenoxy) is 3. The molecule has 1 atom stereocenters. The van der Waals surface area contributed by atoms with E-state index in [1.165, 1.54) is 46.7 Å². The van der Waals surface area contributed by atoms with Crippen molar-refractivity contribution >= 4 is 40.7 Å². The number of fused-ring (bicyclic) bond motifs is 1. The summed E-state index contributed by atoms with van der Waals surface area (Å²) in [5.74, 6) is -0.867. The van der Waals surface area contributed by atoms with Gasteiger partial charge in [-0.15, -0.1) is 11.3 Å². The lowest BCUT2D eigenvalue weighted by molar-refractivity contribution is -0.140. The minimum atomic E-state index is -0.790. The molecule has 0 radical (unpaired) electrons. The van der Waals surface area contributed by atoms with Crippen LogP contribution in [0, 0.1) is 0 Å². The number of furan rings is 1. The second-order valence-electron chi connectivity index (χ2n) is 8.16. The minimum Gasteiger partial charge on any atom is -0.460 e. The first-order chi connectivity index (χ1) is 18.5. The first kappa shape index (κ1) is 25.6. The van der Waals surface area contributed by atoms with Crippen LogP contribution in [-0.2, 0) is 14.3 Å². The highest BCUT2D eigenvalue weighted by molar-refractivity contribution is 7.11. The van der Waals surface area contributed by atoms with Gasteiger partial charge in [-0.25, -0.2) is 14.6 Å². The molecule has 194 valence electrons. The SMILES string of the molecule is COCCOC(=O)C1=C(C)N=c2s/c(=C/c3cccs3)c(=O)n2[C@@H]1c1ccc(OC(=O)c2ccco2)cc1. The maximum absolute atomic E-state index is 13.6. The number of benzene rings is 1. The molecule has 0 unspecified atom stereocenters. The summed E-state index contributed by atoms with van der Waals surface area (Å²) in [6, 6.07) is 12.7. The molecule has 0 saturated carbocycles. The van der Waals surface area contributed by atoms with Crippen LogP contribution >= 0.6 is 22.7 Å². The minimum absolute atomic E-state index is 0.0588. The molecule has 0 N–H and O–H groups in total. The van der Waals surface area contributed by atoms with Crippen LogP contribution in [0.25, 0.3) is 6.08 Å². The zero-order valence-electron chi connectivity index (χ0n) is 20.4. The van der Waals surface area contributed by atoms with Gasteiger partial charge in [0.1, 0.15) is 12.4 Å². The fourth-order valence-corrected chi connectivity index (χ4v) is 5.74. The van der Waals surface area contributed by atoms with Crippen molar-refractivity contribution in [2.75, 3.05) is 20.3 Å². The van der Waals surface area contributed by atoms with Gasteiger partial charge in [-0.3, -0.25) is 9.36 Å². The highest BCUT2D eigenvalue weighted by Crippen LogP contribution is 2.31. The molecule has 3 aromatic heterocycles. The lowest BCUT2D eigenvalue weighted by Gasteiger charge is -2.25. The van der Waals surface area contributed by atoms with Crippen LogP contribution in [0.2, 0.25) is 0 Å². The van der Waals surface area contributed by atoms with E-state index < -0.39 is 18.0 Å². The van der Waals surface area contributed by atoms with E-state index in [1.54, 1.807) is 37.3 Å². The van der Waals surface area contributed by atoms with E-state index in [2.05, 4.69) is 4.99 Å². The fourth-order valence-electron chi connectivity index (χ4n) is 3.97. The van der Waals surface area contributed by atoms with Crippen LogP contribution in [0.15, 0.2) is 85.6 Å². The number of hydrogen-bond donors (Lipinski definition) is 0. The van der Waals surface area contributed by atoms with Crippen LogP contribution in [0.5, 0.6) is 5.75 Å². The predicted molar refractivity (Wildman–Crippen MR) is 141 cm³/mol. The Morgan fingerprint density at radius 3 is 2.61 bits per heavy atom. The van der Waals surface area contributed by atoms with Crippen molar-refractivity contribution in [1.82, 2.24) is 4.57 Å². The van der Waals surface area contributed by atoms with Crippen molar-refractivity contribution < 1.29 is 28.2 Å². The van der Waals surface area contributed by atoms with Crippen LogP contribution < -0.4 is 19.6 Å². The number of thiazole rings is 1. The molecule has 1 aliphatic heterocycles. The average molecular weight is 551 g/mol. The standard InChI is InChI=1S/C27H22N2O7S2/c1-16-22(26(32)35-13-12-33-2)23(17-7-9-18(10-8-17)36-25(31)20-6-3-11-34-20)29-24(30)21(38-27(29)28-16)15-19-5-4-14-37-19/h3-11,14-15,23H,12-13H2,1-2H3/b21-15+/t23-/m1/s1. The van der Waals surface area contributed by atoms with Gasteiger partial charge in [0.25, 0.3) is 5.56 Å². The van der Waals surface area contributed by atoms with E-state index in [-0.39, 0.29) is 35.9 Å². The van der Waals surface area contributed by atoms with Crippen molar-refractivity contribution in [3.63, 3.8) is 0 Å². The maximum Gasteiger partial charge on any atom is 0.379 e. The number of carbonyl (C=O) groups is 2. The zero-order chi connectivity index (χ0) is 26.6. The fraction of sp³-hybridized carbons (Fsp3) is 0.185. The Bertz CT molecular complexity index is 1660. The van der Waals surface area contributed by atoms with E-state index in [0.717, 1.165) is 4.88 Å². The molecule has 0 fully saturated rings. The van der Waals surface area contributed by atoms with Crippen molar-refractivity contribution in [3.05, 3.63) is 107 Å². The molecule has 5 rings (SSSR count). The molecule has 4 aromatic rings. The molecule has 0 bridgehead atoms. The summed E-state index contributed by atoms with van der Waals surface area (Å²) >= 11 is 2.78. The number of carbonyl (C=O) groups excluding carboxylic acids is 2. The monoisotopic (exact) mass is 550 g/mol. The van der Waals surface area contributed by atoms with Crippen molar-refractivity contribution in [1.29, 1.82) is 0 Å². The first-order valence-corrected chi connectivity index (χ1v) is 13.2. The number of nitrogens with zero attached hydrogens (tertiary/aromatic N) is 2. The highest BCUT2D eigenvalue weighted by Gasteiger charge is 2.33. The lowest BCUT2D eigenvalue weighted by atomic mass is 9.96. The number of rotatable bonds is 8. The van der Waals surface area contributed by atoms with Gasteiger partial charge >= 0.3 is 11.9 Å². The van der Waals surface area contributed by atoms with Crippen molar-refractivity contribution in [3.8, 4) is 5.75 Å². The lowest BCUT2D eigenvalue weighted by Crippen LogP contribution is -2.40. The van der Waals surface area contributed by atoms with Gasteiger partial charge in [0.15, 0.2) is 4.80 Å². The zero-order valence-corrected chi connectivity index (χ0v) is 22.0. The number of aromatic nitrogens is 1. The van der Waals surface area contributed by atoms with E-state index in [4.69, 9.17) is 18.6 Å². The Morgan fingerprint density at radius 1 is 1.11 bits per heavy atom. The third-order valence-corrected chi connectivity index (χ3v) is 7.51. The highest BCUT2D eigenvalue weighted by atomic mass is 32.1. The summed E-state index contributed by atoms with van der Waals surface area (Å²) in [4.78, 5) is 45.1. The Kier molecular flexibility index (Phi) is 7.50. The molecule has 11 heteroatoms. The number of thiophene rings is 1. The normalized spacial score (nSPS) is 15.2. The summed E-state index contributed by atoms with van der Waals surface area (Å²) in [6.45, 7) is 2.01. The van der Waals surface area contributed by atoms with Gasteiger partial charge in [-0.1, -0.05) is 29.5 Å². The molecule has 0 aliphatic carbocycles. The van der Waals surface area contributed by atoms with Crippen LogP contribution in [0.4, 0.5) is 0 Å². The summed E-state index contributed by atoms with van der Waals surface area (Å²) < 4.78 is 22.9. The first-order valence-electron chi connectivity index (χ1n) is 11.5. The van der Waals surface area contributed by atoms with Crippen LogP contribution in [0.1, 0.15) is 34.0 Å². The van der Waals surface area contributed by atoms with E-state index in [9.17, 15) is 14.4 Å². The number of esters is 2. The number of methoxy groups -OCH3 is 1. The molecular weight excluding hydrogens is 528 g/mol. The van der Waals surface area contributed by atoms with Crippen molar-refractivity contribution in [2.45, 2.75) is 13.0 Å². The van der Waals surface area contributed by atoms with Gasteiger partial charge in [-0.2, -0.15) is 0 Å². The van der Waals surface area contributed by atoms with Crippen LogP contribution in [-0.4, -0.2) is 36.8 Å². The summed E-state index contributed by atoms with van der Waals surface area (Å²) in [7, 11) is 1.51. The van der Waals surface area contributed by atoms with Crippen molar-refractivity contribution in [2.24, 2.45) is 4.99 Å². The largest absolute Gasteiger partial charge is 0.460 e. The summed E-state index contributed by atoms with van der Waals surface area (Å²) in [6.07, 6.45) is 3.20. The molecule has 1 aromatic carbocycles. The number of allylic oxidation sites excluding steroid dienone is 1. The molecule has 9 nitrogen and oxygen atoms in total. The number of hydrogen-bond acceptors (Lipinski definition) is 10. The van der Waals surface area contributed by atoms with Crippen LogP contribution in [0.3, 0.4) is 0 Å². The van der Waals surface area contributed by atoms with Gasteiger partial charge in [0.2, 0.25) is 5.76 Å². The molecule has 0 spiro atoms. The van der Waals surface area contributed by atoms with E-state index in [1.807, 2.05) is 23.6 Å². The average Bonchev–Trinajstić information content (AvgIpc) is 3.67. The molecule has 38 heavy (non-hydrogen) atoms. The quantitative estimate of drug-likeness (QED) is 0.188. The molecule has 0 amide bonds. The van der Waals surface area contributed by atoms with Gasteiger partial charge < -0.3 is 18.6 Å². The molecular formula is C27H22N2O7S2. The van der Waals surface area contributed by atoms with E-state index >= 15 is 0 Å². The topological polar surface area (TPSA) is 109 Å². The van der Waals surface area contributed by atoms with Gasteiger partial charge in [-0.05, 0) is 54.3 Å². The molecule has 1 aliphatic rings. The predicted octanol–water partition coefficient (Wildman–Crippen LogP) is 3.30. The second kappa shape index (κ2) is 11.1. The summed E-state index contributed by atoms with van der Waals surface area (Å²) in [5, 5.41) is 1.93. The second-order valence-corrected chi connectivity index (χ2v) is 10.2. The third-order valence-electron chi connectivity index (χ3n) is 5.71. The maximum atomic E-state index is 13.6. The van der Waals surface area contributed by atoms with Gasteiger partial charge in [0.05, 0.1) is 34.7 Å². The van der Waals surface area contributed by atoms with E-state index in [0.29, 0.717) is 20.6 Å². The molecule has 4 heterocycles. The Hall–Kier alpha value is -4.06.